The van der Waals surface area contributed by atoms with Crippen LogP contribution in [0.25, 0.3) is 121 Å². The smallest absolute Gasteiger partial charge is 0.0488 e. The maximum absolute atomic E-state index is 2.54. The lowest BCUT2D eigenvalue weighted by Gasteiger charge is -2.32. The van der Waals surface area contributed by atoms with E-state index >= 15 is 0 Å². The first-order valence-electron chi connectivity index (χ1n) is 46.4. The molecule has 626 valence electrons. The van der Waals surface area contributed by atoms with Gasteiger partial charge in [0.15, 0.2) is 0 Å². The highest BCUT2D eigenvalue weighted by Crippen LogP contribution is 2.60. The molecule has 5 aliphatic rings. The average Bonchev–Trinajstić information content (AvgIpc) is 1.61. The Hall–Kier alpha value is -15.4. The van der Waals surface area contributed by atoms with Gasteiger partial charge in [0, 0.05) is 95.3 Å². The summed E-state index contributed by atoms with van der Waals surface area (Å²) in [5, 5.41) is 9.51. The minimum Gasteiger partial charge on any atom is -0.310 e. The molecule has 0 aliphatic heterocycles. The Kier molecular flexibility index (Phi) is 17.1. The molecule has 4 nitrogen and oxygen atoms in total. The number of benzene rings is 20. The lowest BCUT2D eigenvalue weighted by Crippen LogP contribution is -2.18. The van der Waals surface area contributed by atoms with Crippen LogP contribution < -0.4 is 19.6 Å². The largest absolute Gasteiger partial charge is 0.310 e. The molecule has 0 heterocycles. The molecule has 0 amide bonds. The molecule has 131 heavy (non-hydrogen) atoms. The van der Waals surface area contributed by atoms with Gasteiger partial charge in [-0.2, -0.15) is 0 Å². The molecule has 0 bridgehead atoms. The summed E-state index contributed by atoms with van der Waals surface area (Å²) in [4.78, 5) is 10.1. The summed E-state index contributed by atoms with van der Waals surface area (Å²) in [6.07, 6.45) is 0. The molecule has 0 radical (unpaired) electrons. The second kappa shape index (κ2) is 28.8. The molecule has 0 saturated heterocycles. The van der Waals surface area contributed by atoms with Crippen LogP contribution in [-0.4, -0.2) is 0 Å². The van der Waals surface area contributed by atoms with E-state index in [2.05, 4.69) is 501 Å². The zero-order valence-electron chi connectivity index (χ0n) is 75.5. The molecule has 0 N–H and O–H groups in total. The average molecular weight is 1680 g/mol. The van der Waals surface area contributed by atoms with E-state index in [4.69, 9.17) is 0 Å². The Morgan fingerprint density at radius 3 is 0.557 bits per heavy atom. The lowest BCUT2D eigenvalue weighted by molar-refractivity contribution is 0.660. The van der Waals surface area contributed by atoms with Crippen LogP contribution in [0.5, 0.6) is 0 Å². The molecular formula is C127H98N4. The van der Waals surface area contributed by atoms with Crippen molar-refractivity contribution in [1.82, 2.24) is 0 Å². The van der Waals surface area contributed by atoms with Crippen LogP contribution >= 0.6 is 0 Å². The third kappa shape index (κ3) is 12.1. The topological polar surface area (TPSA) is 13.0 Å². The third-order valence-corrected chi connectivity index (χ3v) is 30.4. The molecule has 0 spiro atoms. The summed E-state index contributed by atoms with van der Waals surface area (Å²) in [6.45, 7) is 24.1. The van der Waals surface area contributed by atoms with Crippen LogP contribution in [0.1, 0.15) is 125 Å². The van der Waals surface area contributed by atoms with E-state index in [1.54, 1.807) is 0 Å². The Balaban J connectivity index is 0.688. The SMILES string of the molecule is CC1(C)c2cc(-c3cc(N(c4ccc5c(c4)C(C)(C)c4ccccc4-5)c4ccc5ccccc5c4)cc(N(c4ccc5c(c4)C(C)(C)c4ccccc4-5)c4ccc5ccccc5c4)c3)ccc2-c2ccc(-c3cc(N(c4ccc5c(c4)C(C)(C)c4ccccc4-5)c4ccc5ccccc5c4)cc(N(c4ccc5c(c4)C(C)(C)c4ccccc4-5)c4ccc5ccccc5c4)c3)cc21. The number of nitrogens with zero attached hydrogens (tertiary/aromatic N) is 4. The summed E-state index contributed by atoms with van der Waals surface area (Å²) in [5.74, 6) is 0. The predicted octanol–water partition coefficient (Wildman–Crippen LogP) is 35.0. The molecule has 0 unspecified atom stereocenters. The monoisotopic (exact) mass is 1680 g/mol. The second-order valence-corrected chi connectivity index (χ2v) is 39.7. The third-order valence-electron chi connectivity index (χ3n) is 30.4. The van der Waals surface area contributed by atoms with Gasteiger partial charge in [-0.3, -0.25) is 0 Å². The van der Waals surface area contributed by atoms with Crippen LogP contribution in [0.15, 0.2) is 413 Å². The first-order chi connectivity index (χ1) is 63.6. The molecule has 0 atom stereocenters. The normalized spacial score (nSPS) is 14.6. The van der Waals surface area contributed by atoms with Crippen LogP contribution in [0.4, 0.5) is 68.2 Å². The minimum absolute atomic E-state index is 0.246. The van der Waals surface area contributed by atoms with Gasteiger partial charge >= 0.3 is 0 Å². The van der Waals surface area contributed by atoms with Crippen molar-refractivity contribution in [2.45, 2.75) is 96.3 Å². The molecular weight excluding hydrogens is 1580 g/mol. The van der Waals surface area contributed by atoms with Crippen molar-refractivity contribution in [3.63, 3.8) is 0 Å². The highest BCUT2D eigenvalue weighted by Gasteiger charge is 2.43. The fraction of sp³-hybridized carbons (Fsp3) is 0.118. The Morgan fingerprint density at radius 1 is 0.122 bits per heavy atom. The summed E-state index contributed by atoms with van der Waals surface area (Å²) >= 11 is 0. The molecule has 0 saturated carbocycles. The lowest BCUT2D eigenvalue weighted by atomic mass is 9.80. The highest BCUT2D eigenvalue weighted by atomic mass is 15.2. The number of hydrogen-bond acceptors (Lipinski definition) is 4. The fourth-order valence-electron chi connectivity index (χ4n) is 23.5. The molecule has 0 fully saturated rings. The summed E-state index contributed by atoms with van der Waals surface area (Å²) in [7, 11) is 0. The zero-order valence-corrected chi connectivity index (χ0v) is 75.5. The van der Waals surface area contributed by atoms with Crippen molar-refractivity contribution >= 4 is 111 Å². The van der Waals surface area contributed by atoms with Crippen molar-refractivity contribution in [2.75, 3.05) is 19.6 Å². The van der Waals surface area contributed by atoms with Crippen LogP contribution in [0.3, 0.4) is 0 Å². The molecule has 0 aromatic heterocycles. The van der Waals surface area contributed by atoms with Crippen molar-refractivity contribution in [3.8, 4) is 77.9 Å². The van der Waals surface area contributed by atoms with Crippen LogP contribution in [-0.2, 0) is 27.1 Å². The first kappa shape index (κ1) is 77.9. The van der Waals surface area contributed by atoms with Crippen LogP contribution in [0.2, 0.25) is 0 Å². The number of rotatable bonds is 14. The first-order valence-corrected chi connectivity index (χ1v) is 46.4. The van der Waals surface area contributed by atoms with E-state index in [9.17, 15) is 0 Å². The van der Waals surface area contributed by atoms with Crippen molar-refractivity contribution in [2.24, 2.45) is 0 Å². The second-order valence-electron chi connectivity index (χ2n) is 39.7. The van der Waals surface area contributed by atoms with E-state index in [0.717, 1.165) is 90.5 Å². The molecule has 25 rings (SSSR count). The zero-order chi connectivity index (χ0) is 88.3. The predicted molar refractivity (Wildman–Crippen MR) is 554 cm³/mol. The number of fused-ring (bicyclic) bond motifs is 19. The Morgan fingerprint density at radius 2 is 0.305 bits per heavy atom. The van der Waals surface area contributed by atoms with Crippen LogP contribution in [0, 0.1) is 0 Å². The number of hydrogen-bond donors (Lipinski definition) is 0. The standard InChI is InChI=1S/C127H98N4/c1-123(2)113-39-23-19-35-103(113)109-59-53-95(75-119(109)123)128(91-49-43-79-27-11-15-31-83(79)63-91)99-67-89(68-100(73-99)129(92-50-44-80-28-12-16-32-84(80)64-92)96-54-60-110-104-36-20-24-40-114(104)124(3,4)120(110)76-96)87-47-57-107-108-58-48-88(72-118(108)127(9,10)117(107)71-87)90-69-101(130(93-51-45-81-29-13-17-33-85(81)65-93)97-55-61-111-105-37-21-25-41-115(105)125(5,6)121(111)77-97)74-102(70-90)131(94-52-46-82-30-14-18-34-86(82)66-94)98-56-62-112-106-38-22-26-42-116(106)126(7,8)122(112)78-98/h11-78H,1-10H3. The molecule has 20 aromatic carbocycles. The van der Waals surface area contributed by atoms with E-state index in [0.29, 0.717) is 0 Å². The van der Waals surface area contributed by atoms with Gasteiger partial charge in [-0.05, 0) is 322 Å². The Bertz CT molecular complexity index is 7350. The Labute approximate surface area is 767 Å². The van der Waals surface area contributed by atoms with Gasteiger partial charge in [0.25, 0.3) is 0 Å². The number of anilines is 12. The summed E-state index contributed by atoms with van der Waals surface area (Å²) in [5.41, 5.74) is 42.0. The van der Waals surface area contributed by atoms with Gasteiger partial charge in [-0.1, -0.05) is 336 Å². The van der Waals surface area contributed by atoms with Gasteiger partial charge < -0.3 is 19.6 Å². The van der Waals surface area contributed by atoms with Gasteiger partial charge in [0.05, 0.1) is 0 Å². The van der Waals surface area contributed by atoms with Gasteiger partial charge in [0.1, 0.15) is 0 Å². The quantitative estimate of drug-likeness (QED) is 0.108. The fourth-order valence-corrected chi connectivity index (χ4v) is 23.5. The minimum atomic E-state index is -0.465. The van der Waals surface area contributed by atoms with Crippen molar-refractivity contribution in [3.05, 3.63) is 468 Å². The highest BCUT2D eigenvalue weighted by molar-refractivity contribution is 6.01. The molecule has 4 heteroatoms. The maximum Gasteiger partial charge on any atom is 0.0488 e. The van der Waals surface area contributed by atoms with E-state index in [1.165, 1.54) is 154 Å². The van der Waals surface area contributed by atoms with Gasteiger partial charge in [0.2, 0.25) is 0 Å². The maximum atomic E-state index is 2.54. The molecule has 20 aromatic rings. The molecule has 5 aliphatic carbocycles. The van der Waals surface area contributed by atoms with E-state index < -0.39 is 5.41 Å². The van der Waals surface area contributed by atoms with Crippen molar-refractivity contribution < 1.29 is 0 Å². The van der Waals surface area contributed by atoms with Gasteiger partial charge in [-0.25, -0.2) is 0 Å². The van der Waals surface area contributed by atoms with Gasteiger partial charge in [-0.15, -0.1) is 0 Å². The van der Waals surface area contributed by atoms with Crippen molar-refractivity contribution in [1.29, 1.82) is 0 Å². The van der Waals surface area contributed by atoms with E-state index in [-0.39, 0.29) is 21.7 Å². The summed E-state index contributed by atoms with van der Waals surface area (Å²) in [6, 6.07) is 158. The summed E-state index contributed by atoms with van der Waals surface area (Å²) < 4.78 is 0. The van der Waals surface area contributed by atoms with E-state index in [1.807, 2.05) is 0 Å².